The van der Waals surface area contributed by atoms with Gasteiger partial charge in [0.2, 0.25) is 0 Å². The fourth-order valence-corrected chi connectivity index (χ4v) is 1.92. The van der Waals surface area contributed by atoms with E-state index < -0.39 is 0 Å². The first-order chi connectivity index (χ1) is 8.24. The van der Waals surface area contributed by atoms with Gasteiger partial charge in [0.25, 0.3) is 0 Å². The van der Waals surface area contributed by atoms with Gasteiger partial charge in [-0.15, -0.1) is 0 Å². The van der Waals surface area contributed by atoms with Gasteiger partial charge in [0.05, 0.1) is 0 Å². The molecule has 0 saturated carbocycles. The van der Waals surface area contributed by atoms with Crippen LogP contribution in [0.2, 0.25) is 0 Å². The van der Waals surface area contributed by atoms with Crippen molar-refractivity contribution in [1.29, 1.82) is 0 Å². The van der Waals surface area contributed by atoms with Gasteiger partial charge >= 0.3 is 0 Å². The van der Waals surface area contributed by atoms with Crippen molar-refractivity contribution < 1.29 is 4.42 Å². The molecule has 3 rings (SSSR count). The van der Waals surface area contributed by atoms with Gasteiger partial charge in [-0.25, -0.2) is 4.98 Å². The number of imidazole rings is 1. The van der Waals surface area contributed by atoms with Crippen LogP contribution < -0.4 is 5.73 Å². The van der Waals surface area contributed by atoms with Gasteiger partial charge in [0.15, 0.2) is 0 Å². The van der Waals surface area contributed by atoms with Crippen molar-refractivity contribution in [2.45, 2.75) is 13.0 Å². The molecule has 2 heterocycles. The molecule has 0 saturated heterocycles. The van der Waals surface area contributed by atoms with Crippen LogP contribution in [0.4, 0.5) is 0 Å². The first kappa shape index (κ1) is 10.1. The first-order valence-corrected chi connectivity index (χ1v) is 5.49. The number of aromatic nitrogens is 2. The summed E-state index contributed by atoms with van der Waals surface area (Å²) in [6.07, 6.45) is 3.43. The molecule has 3 N–H and O–H groups in total. The van der Waals surface area contributed by atoms with E-state index in [1.54, 1.807) is 12.4 Å². The maximum atomic E-state index is 6.08. The SMILES string of the molecule is Cc1ccc2oc(C(N)c3ncc[nH]3)cc2c1. The van der Waals surface area contributed by atoms with Crippen molar-refractivity contribution in [3.8, 4) is 0 Å². The summed E-state index contributed by atoms with van der Waals surface area (Å²) in [7, 11) is 0. The number of furan rings is 1. The van der Waals surface area contributed by atoms with Crippen molar-refractivity contribution in [2.75, 3.05) is 0 Å². The smallest absolute Gasteiger partial charge is 0.134 e. The molecular formula is C13H13N3O. The Kier molecular flexibility index (Phi) is 2.23. The highest BCUT2D eigenvalue weighted by Crippen LogP contribution is 2.25. The van der Waals surface area contributed by atoms with Crippen LogP contribution in [0.3, 0.4) is 0 Å². The molecule has 1 unspecified atom stereocenters. The molecule has 2 aromatic heterocycles. The molecule has 0 bridgehead atoms. The lowest BCUT2D eigenvalue weighted by Gasteiger charge is -2.03. The second kappa shape index (κ2) is 3.75. The van der Waals surface area contributed by atoms with Crippen LogP contribution in [0.25, 0.3) is 11.0 Å². The van der Waals surface area contributed by atoms with Gasteiger partial charge in [0.1, 0.15) is 23.2 Å². The van der Waals surface area contributed by atoms with Crippen molar-refractivity contribution in [3.63, 3.8) is 0 Å². The van der Waals surface area contributed by atoms with Crippen LogP contribution in [-0.4, -0.2) is 9.97 Å². The molecule has 4 nitrogen and oxygen atoms in total. The van der Waals surface area contributed by atoms with E-state index >= 15 is 0 Å². The van der Waals surface area contributed by atoms with Gasteiger partial charge in [-0.3, -0.25) is 0 Å². The summed E-state index contributed by atoms with van der Waals surface area (Å²) < 4.78 is 5.72. The Morgan fingerprint density at radius 2 is 2.24 bits per heavy atom. The highest BCUT2D eigenvalue weighted by molar-refractivity contribution is 5.78. The Morgan fingerprint density at radius 1 is 1.35 bits per heavy atom. The molecule has 86 valence electrons. The number of nitrogens with two attached hydrogens (primary N) is 1. The van der Waals surface area contributed by atoms with E-state index in [2.05, 4.69) is 23.0 Å². The van der Waals surface area contributed by atoms with Crippen molar-refractivity contribution in [1.82, 2.24) is 9.97 Å². The average Bonchev–Trinajstić information content (AvgIpc) is 2.96. The number of fused-ring (bicyclic) bond motifs is 1. The maximum Gasteiger partial charge on any atom is 0.134 e. The minimum Gasteiger partial charge on any atom is -0.459 e. The third kappa shape index (κ3) is 1.72. The molecule has 0 aliphatic heterocycles. The predicted molar refractivity (Wildman–Crippen MR) is 65.6 cm³/mol. The fraction of sp³-hybridized carbons (Fsp3) is 0.154. The molecular weight excluding hydrogens is 214 g/mol. The highest BCUT2D eigenvalue weighted by Gasteiger charge is 2.15. The van der Waals surface area contributed by atoms with E-state index in [0.717, 1.165) is 16.7 Å². The average molecular weight is 227 g/mol. The maximum absolute atomic E-state index is 6.08. The Hall–Kier alpha value is -2.07. The van der Waals surface area contributed by atoms with Crippen LogP contribution in [-0.2, 0) is 0 Å². The molecule has 4 heteroatoms. The topological polar surface area (TPSA) is 67.8 Å². The summed E-state index contributed by atoms with van der Waals surface area (Å²) in [5.74, 6) is 1.43. The number of aromatic amines is 1. The quantitative estimate of drug-likeness (QED) is 0.706. The number of benzene rings is 1. The van der Waals surface area contributed by atoms with Gasteiger partial charge in [0, 0.05) is 17.8 Å². The standard InChI is InChI=1S/C13H13N3O/c1-8-2-3-10-9(6-8)7-11(17-10)12(14)13-15-4-5-16-13/h2-7,12H,14H2,1H3,(H,15,16). The highest BCUT2D eigenvalue weighted by atomic mass is 16.3. The second-order valence-electron chi connectivity index (χ2n) is 4.14. The van der Waals surface area contributed by atoms with Crippen molar-refractivity contribution in [2.24, 2.45) is 5.73 Å². The number of H-pyrrole nitrogens is 1. The molecule has 3 aromatic rings. The minimum absolute atomic E-state index is 0.349. The largest absolute Gasteiger partial charge is 0.459 e. The molecule has 0 spiro atoms. The van der Waals surface area contributed by atoms with E-state index in [9.17, 15) is 0 Å². The van der Waals surface area contributed by atoms with Crippen LogP contribution in [0.15, 0.2) is 41.1 Å². The van der Waals surface area contributed by atoms with Crippen LogP contribution in [0.1, 0.15) is 23.2 Å². The number of nitrogens with one attached hydrogen (secondary N) is 1. The molecule has 0 amide bonds. The van der Waals surface area contributed by atoms with E-state index in [1.165, 1.54) is 5.56 Å². The van der Waals surface area contributed by atoms with Crippen molar-refractivity contribution >= 4 is 11.0 Å². The van der Waals surface area contributed by atoms with E-state index in [1.807, 2.05) is 18.2 Å². The van der Waals surface area contributed by atoms with Crippen LogP contribution in [0.5, 0.6) is 0 Å². The summed E-state index contributed by atoms with van der Waals surface area (Å²) in [5.41, 5.74) is 8.13. The van der Waals surface area contributed by atoms with E-state index in [0.29, 0.717) is 5.82 Å². The van der Waals surface area contributed by atoms with E-state index in [4.69, 9.17) is 10.2 Å². The zero-order chi connectivity index (χ0) is 11.8. The molecule has 17 heavy (non-hydrogen) atoms. The Bertz CT molecular complexity index is 640. The minimum atomic E-state index is -0.349. The number of hydrogen-bond donors (Lipinski definition) is 2. The Labute approximate surface area is 98.5 Å². The number of aryl methyl sites for hydroxylation is 1. The van der Waals surface area contributed by atoms with Crippen molar-refractivity contribution in [3.05, 3.63) is 53.8 Å². The lowest BCUT2D eigenvalue weighted by molar-refractivity contribution is 0.517. The number of nitrogens with zero attached hydrogens (tertiary/aromatic N) is 1. The zero-order valence-corrected chi connectivity index (χ0v) is 9.47. The monoisotopic (exact) mass is 227 g/mol. The summed E-state index contributed by atoms with van der Waals surface area (Å²) >= 11 is 0. The zero-order valence-electron chi connectivity index (χ0n) is 9.47. The molecule has 0 fully saturated rings. The van der Waals surface area contributed by atoms with Gasteiger partial charge < -0.3 is 15.1 Å². The second-order valence-corrected chi connectivity index (χ2v) is 4.14. The third-order valence-electron chi connectivity index (χ3n) is 2.81. The molecule has 0 aliphatic carbocycles. The van der Waals surface area contributed by atoms with Crippen LogP contribution in [0, 0.1) is 6.92 Å². The van der Waals surface area contributed by atoms with E-state index in [-0.39, 0.29) is 6.04 Å². The Balaban J connectivity index is 2.06. The fourth-order valence-electron chi connectivity index (χ4n) is 1.92. The normalized spacial score (nSPS) is 13.1. The first-order valence-electron chi connectivity index (χ1n) is 5.49. The summed E-state index contributed by atoms with van der Waals surface area (Å²) in [4.78, 5) is 7.13. The lowest BCUT2D eigenvalue weighted by Crippen LogP contribution is -2.12. The predicted octanol–water partition coefficient (Wildman–Crippen LogP) is 2.51. The number of rotatable bonds is 2. The van der Waals surface area contributed by atoms with Crippen LogP contribution >= 0.6 is 0 Å². The molecule has 1 atom stereocenters. The van der Waals surface area contributed by atoms with Gasteiger partial charge in [-0.2, -0.15) is 0 Å². The summed E-state index contributed by atoms with van der Waals surface area (Å²) in [6.45, 7) is 2.05. The lowest BCUT2D eigenvalue weighted by atomic mass is 10.1. The Morgan fingerprint density at radius 3 is 3.00 bits per heavy atom. The molecule has 0 radical (unpaired) electrons. The van der Waals surface area contributed by atoms with Gasteiger partial charge in [-0.1, -0.05) is 11.6 Å². The van der Waals surface area contributed by atoms with Gasteiger partial charge in [-0.05, 0) is 25.1 Å². The molecule has 1 aromatic carbocycles. The third-order valence-corrected chi connectivity index (χ3v) is 2.81. The molecule has 0 aliphatic rings. The number of hydrogen-bond acceptors (Lipinski definition) is 3. The summed E-state index contributed by atoms with van der Waals surface area (Å²) in [5, 5.41) is 1.07. The summed E-state index contributed by atoms with van der Waals surface area (Å²) in [6, 6.07) is 7.68.